The third-order valence-electron chi connectivity index (χ3n) is 3.46. The van der Waals surface area contributed by atoms with E-state index < -0.39 is 0 Å². The maximum Gasteiger partial charge on any atom is 0.0521 e. The second-order valence-electron chi connectivity index (χ2n) is 5.30. The van der Waals surface area contributed by atoms with Crippen molar-refractivity contribution in [3.05, 3.63) is 47.5 Å². The van der Waals surface area contributed by atoms with E-state index in [0.717, 1.165) is 31.5 Å². The highest BCUT2D eigenvalue weighted by atomic mass is 15.2. The van der Waals surface area contributed by atoms with Crippen LogP contribution in [0.4, 0.5) is 0 Å². The molecular weight excluding hydrogens is 248 g/mol. The Morgan fingerprint density at radius 2 is 2.15 bits per heavy atom. The van der Waals surface area contributed by atoms with Gasteiger partial charge in [-0.15, -0.1) is 0 Å². The molecule has 4 heteroatoms. The molecule has 0 fully saturated rings. The first-order valence-corrected chi connectivity index (χ1v) is 7.32. The van der Waals surface area contributed by atoms with E-state index in [0.29, 0.717) is 6.04 Å². The number of nitrogens with one attached hydrogen (secondary N) is 1. The maximum atomic E-state index is 4.41. The Morgan fingerprint density at radius 1 is 1.30 bits per heavy atom. The smallest absolute Gasteiger partial charge is 0.0521 e. The van der Waals surface area contributed by atoms with E-state index in [-0.39, 0.29) is 0 Å². The third kappa shape index (κ3) is 4.17. The number of pyridine rings is 1. The zero-order valence-corrected chi connectivity index (χ0v) is 12.6. The minimum atomic E-state index is 0.364. The molecular formula is C16H24N4. The summed E-state index contributed by atoms with van der Waals surface area (Å²) in [6, 6.07) is 4.63. The Kier molecular flexibility index (Phi) is 5.30. The highest BCUT2D eigenvalue weighted by Crippen LogP contribution is 2.19. The van der Waals surface area contributed by atoms with Crippen LogP contribution in [0.5, 0.6) is 0 Å². The van der Waals surface area contributed by atoms with E-state index in [2.05, 4.69) is 40.7 Å². The Bertz CT molecular complexity index is 516. The summed E-state index contributed by atoms with van der Waals surface area (Å²) in [5.74, 6) is 0. The summed E-state index contributed by atoms with van der Waals surface area (Å²) in [4.78, 5) is 4.41. The molecule has 2 heterocycles. The van der Waals surface area contributed by atoms with Gasteiger partial charge in [-0.05, 0) is 49.9 Å². The van der Waals surface area contributed by atoms with Gasteiger partial charge in [-0.3, -0.25) is 9.67 Å². The van der Waals surface area contributed by atoms with Gasteiger partial charge >= 0.3 is 0 Å². The van der Waals surface area contributed by atoms with Gasteiger partial charge < -0.3 is 5.32 Å². The first kappa shape index (κ1) is 14.7. The van der Waals surface area contributed by atoms with Crippen LogP contribution in [0.15, 0.2) is 30.7 Å². The van der Waals surface area contributed by atoms with Crippen molar-refractivity contribution in [1.29, 1.82) is 0 Å². The quantitative estimate of drug-likeness (QED) is 0.843. The van der Waals surface area contributed by atoms with Crippen molar-refractivity contribution >= 4 is 0 Å². The summed E-state index contributed by atoms with van der Waals surface area (Å²) in [7, 11) is 1.96. The van der Waals surface area contributed by atoms with Crippen LogP contribution in [0, 0.1) is 6.92 Å². The molecule has 0 amide bonds. The first-order valence-electron chi connectivity index (χ1n) is 7.32. The van der Waals surface area contributed by atoms with E-state index in [1.165, 1.54) is 11.1 Å². The van der Waals surface area contributed by atoms with E-state index in [9.17, 15) is 0 Å². The predicted octanol–water partition coefficient (Wildman–Crippen LogP) is 2.80. The summed E-state index contributed by atoms with van der Waals surface area (Å²) < 4.78 is 1.86. The number of aromatic nitrogens is 3. The Labute approximate surface area is 121 Å². The maximum absolute atomic E-state index is 4.41. The number of nitrogens with zero attached hydrogens (tertiary/aromatic N) is 3. The predicted molar refractivity (Wildman–Crippen MR) is 81.5 cm³/mol. The SMILES string of the molecule is CCCNC(CCc1cnn(C)c1)c1ccc(C)nc1. The molecule has 0 aromatic carbocycles. The number of hydrogen-bond acceptors (Lipinski definition) is 3. The van der Waals surface area contributed by atoms with Crippen LogP contribution < -0.4 is 5.32 Å². The van der Waals surface area contributed by atoms with Crippen molar-refractivity contribution in [3.8, 4) is 0 Å². The molecule has 108 valence electrons. The van der Waals surface area contributed by atoms with Crippen molar-refractivity contribution in [2.75, 3.05) is 6.54 Å². The van der Waals surface area contributed by atoms with Crippen LogP contribution in [0.2, 0.25) is 0 Å². The summed E-state index contributed by atoms with van der Waals surface area (Å²) >= 11 is 0. The Hall–Kier alpha value is -1.68. The van der Waals surface area contributed by atoms with Gasteiger partial charge in [0.25, 0.3) is 0 Å². The fourth-order valence-corrected chi connectivity index (χ4v) is 2.30. The average Bonchev–Trinajstić information content (AvgIpc) is 2.86. The highest BCUT2D eigenvalue weighted by molar-refractivity contribution is 5.18. The lowest BCUT2D eigenvalue weighted by atomic mass is 10.0. The molecule has 0 aliphatic rings. The minimum absolute atomic E-state index is 0.364. The lowest BCUT2D eigenvalue weighted by Gasteiger charge is -2.18. The van der Waals surface area contributed by atoms with E-state index >= 15 is 0 Å². The molecule has 0 saturated carbocycles. The Balaban J connectivity index is 2.01. The van der Waals surface area contributed by atoms with E-state index in [1.807, 2.05) is 31.0 Å². The average molecular weight is 272 g/mol. The number of rotatable bonds is 7. The molecule has 0 radical (unpaired) electrons. The lowest BCUT2D eigenvalue weighted by molar-refractivity contribution is 0.498. The minimum Gasteiger partial charge on any atom is -0.310 e. The Morgan fingerprint density at radius 3 is 2.75 bits per heavy atom. The molecule has 1 unspecified atom stereocenters. The zero-order chi connectivity index (χ0) is 14.4. The highest BCUT2D eigenvalue weighted by Gasteiger charge is 2.11. The van der Waals surface area contributed by atoms with Crippen LogP contribution in [0.25, 0.3) is 0 Å². The van der Waals surface area contributed by atoms with Crippen LogP contribution in [-0.4, -0.2) is 21.3 Å². The number of hydrogen-bond donors (Lipinski definition) is 1. The fraction of sp³-hybridized carbons (Fsp3) is 0.500. The molecule has 0 aliphatic heterocycles. The molecule has 0 saturated heterocycles. The van der Waals surface area contributed by atoms with Crippen molar-refractivity contribution in [2.24, 2.45) is 7.05 Å². The fourth-order valence-electron chi connectivity index (χ4n) is 2.30. The molecule has 0 bridgehead atoms. The molecule has 0 spiro atoms. The van der Waals surface area contributed by atoms with E-state index in [1.54, 1.807) is 0 Å². The molecule has 4 nitrogen and oxygen atoms in total. The molecule has 20 heavy (non-hydrogen) atoms. The molecule has 2 aromatic heterocycles. The monoisotopic (exact) mass is 272 g/mol. The molecule has 2 aromatic rings. The molecule has 0 aliphatic carbocycles. The normalized spacial score (nSPS) is 12.6. The van der Waals surface area contributed by atoms with Gasteiger partial charge in [-0.1, -0.05) is 13.0 Å². The molecule has 2 rings (SSSR count). The molecule has 1 atom stereocenters. The zero-order valence-electron chi connectivity index (χ0n) is 12.6. The second kappa shape index (κ2) is 7.20. The summed E-state index contributed by atoms with van der Waals surface area (Å²) in [5.41, 5.74) is 3.62. The van der Waals surface area contributed by atoms with Crippen molar-refractivity contribution in [1.82, 2.24) is 20.1 Å². The number of aryl methyl sites for hydroxylation is 3. The second-order valence-corrected chi connectivity index (χ2v) is 5.30. The summed E-state index contributed by atoms with van der Waals surface area (Å²) in [5, 5.41) is 7.84. The third-order valence-corrected chi connectivity index (χ3v) is 3.46. The van der Waals surface area contributed by atoms with Gasteiger partial charge in [0.1, 0.15) is 0 Å². The van der Waals surface area contributed by atoms with Gasteiger partial charge in [0.15, 0.2) is 0 Å². The van der Waals surface area contributed by atoms with Gasteiger partial charge in [-0.25, -0.2) is 0 Å². The largest absolute Gasteiger partial charge is 0.310 e. The van der Waals surface area contributed by atoms with Crippen molar-refractivity contribution in [2.45, 2.75) is 39.2 Å². The first-order chi connectivity index (χ1) is 9.69. The van der Waals surface area contributed by atoms with Crippen LogP contribution in [0.3, 0.4) is 0 Å². The standard InChI is InChI=1S/C16H24N4/c1-4-9-17-16(15-7-5-13(2)18-11-15)8-6-14-10-19-20(3)12-14/h5,7,10-12,16-17H,4,6,8-9H2,1-3H3. The van der Waals surface area contributed by atoms with Gasteiger partial charge in [0, 0.05) is 31.2 Å². The van der Waals surface area contributed by atoms with E-state index in [4.69, 9.17) is 0 Å². The topological polar surface area (TPSA) is 42.7 Å². The molecule has 1 N–H and O–H groups in total. The van der Waals surface area contributed by atoms with Crippen molar-refractivity contribution < 1.29 is 0 Å². The van der Waals surface area contributed by atoms with Crippen LogP contribution >= 0.6 is 0 Å². The summed E-state index contributed by atoms with van der Waals surface area (Å²) in [6.07, 6.45) is 9.27. The van der Waals surface area contributed by atoms with Gasteiger partial charge in [0.05, 0.1) is 6.20 Å². The van der Waals surface area contributed by atoms with Crippen molar-refractivity contribution in [3.63, 3.8) is 0 Å². The van der Waals surface area contributed by atoms with Gasteiger partial charge in [0.2, 0.25) is 0 Å². The van der Waals surface area contributed by atoms with Crippen LogP contribution in [0.1, 0.15) is 42.6 Å². The van der Waals surface area contributed by atoms with Crippen LogP contribution in [-0.2, 0) is 13.5 Å². The van der Waals surface area contributed by atoms with Gasteiger partial charge in [-0.2, -0.15) is 5.10 Å². The summed E-state index contributed by atoms with van der Waals surface area (Å²) in [6.45, 7) is 5.25. The lowest BCUT2D eigenvalue weighted by Crippen LogP contribution is -2.22.